The van der Waals surface area contributed by atoms with Gasteiger partial charge in [-0.05, 0) is 42.2 Å². The zero-order valence-electron chi connectivity index (χ0n) is 13.4. The van der Waals surface area contributed by atoms with E-state index in [1.807, 2.05) is 0 Å². The number of sulfone groups is 1. The van der Waals surface area contributed by atoms with E-state index in [1.54, 1.807) is 24.3 Å². The molecule has 23 heavy (non-hydrogen) atoms. The fourth-order valence-electron chi connectivity index (χ4n) is 3.18. The van der Waals surface area contributed by atoms with Gasteiger partial charge in [0, 0.05) is 25.0 Å². The molecule has 1 N–H and O–H groups in total. The van der Waals surface area contributed by atoms with Crippen LogP contribution in [0, 0.1) is 6.92 Å². The number of hydrogen-bond acceptors (Lipinski definition) is 4. The number of nitrogens with zero attached hydrogens (tertiary/aromatic N) is 1. The lowest BCUT2D eigenvalue weighted by Crippen LogP contribution is -2.27. The molecule has 4 nitrogen and oxygen atoms in total. The van der Waals surface area contributed by atoms with Crippen LogP contribution in [0.15, 0.2) is 47.4 Å². The molecule has 0 aliphatic carbocycles. The monoisotopic (exact) mass is 331 g/mol. The minimum atomic E-state index is -3.21. The fraction of sp³-hybridized carbons (Fsp3) is 0.333. The van der Waals surface area contributed by atoms with E-state index in [0.717, 1.165) is 18.5 Å². The Kier molecular flexibility index (Phi) is 4.17. The Balaban J connectivity index is 1.78. The topological polar surface area (TPSA) is 57.6 Å². The molecular formula is C18H21NO3S. The van der Waals surface area contributed by atoms with Gasteiger partial charge in [0.2, 0.25) is 0 Å². The quantitative estimate of drug-likeness (QED) is 0.935. The average Bonchev–Trinajstić information content (AvgIpc) is 2.91. The van der Waals surface area contributed by atoms with Crippen LogP contribution in [0.4, 0.5) is 5.69 Å². The van der Waals surface area contributed by atoms with E-state index in [4.69, 9.17) is 0 Å². The average molecular weight is 331 g/mol. The van der Waals surface area contributed by atoms with E-state index in [-0.39, 0.29) is 4.90 Å². The molecule has 0 amide bonds. The molecule has 0 fully saturated rings. The maximum atomic E-state index is 11.5. The van der Waals surface area contributed by atoms with Gasteiger partial charge in [-0.15, -0.1) is 0 Å². The van der Waals surface area contributed by atoms with Gasteiger partial charge < -0.3 is 10.0 Å². The van der Waals surface area contributed by atoms with E-state index < -0.39 is 15.9 Å². The van der Waals surface area contributed by atoms with Crippen molar-refractivity contribution >= 4 is 15.5 Å². The third kappa shape index (κ3) is 3.26. The summed E-state index contributed by atoms with van der Waals surface area (Å²) in [6.07, 6.45) is 1.54. The lowest BCUT2D eigenvalue weighted by Gasteiger charge is -2.24. The van der Waals surface area contributed by atoms with Crippen LogP contribution in [-0.2, 0) is 16.3 Å². The highest BCUT2D eigenvalue weighted by molar-refractivity contribution is 7.90. The summed E-state index contributed by atoms with van der Waals surface area (Å²) >= 11 is 0. The SMILES string of the molecule is Cc1cccc2c1N(CC(O)c1ccc(S(C)(=O)=O)cc1)CC2. The second-order valence-electron chi connectivity index (χ2n) is 6.14. The summed E-state index contributed by atoms with van der Waals surface area (Å²) in [5, 5.41) is 10.5. The van der Waals surface area contributed by atoms with E-state index in [2.05, 4.69) is 30.0 Å². The highest BCUT2D eigenvalue weighted by Gasteiger charge is 2.23. The molecule has 0 saturated heterocycles. The molecule has 1 atom stereocenters. The number of benzene rings is 2. The molecule has 1 aliphatic heterocycles. The molecule has 0 aromatic heterocycles. The van der Waals surface area contributed by atoms with Gasteiger partial charge in [0.1, 0.15) is 0 Å². The zero-order valence-corrected chi connectivity index (χ0v) is 14.2. The van der Waals surface area contributed by atoms with Crippen molar-refractivity contribution in [3.05, 3.63) is 59.2 Å². The van der Waals surface area contributed by atoms with Crippen LogP contribution >= 0.6 is 0 Å². The number of para-hydroxylation sites is 1. The summed E-state index contributed by atoms with van der Waals surface area (Å²) < 4.78 is 23.0. The predicted octanol–water partition coefficient (Wildman–Crippen LogP) is 2.49. The summed E-state index contributed by atoms with van der Waals surface area (Å²) in [7, 11) is -3.21. The smallest absolute Gasteiger partial charge is 0.175 e. The van der Waals surface area contributed by atoms with Gasteiger partial charge in [-0.3, -0.25) is 0 Å². The van der Waals surface area contributed by atoms with E-state index >= 15 is 0 Å². The Bertz CT molecular complexity index is 813. The highest BCUT2D eigenvalue weighted by Crippen LogP contribution is 2.32. The van der Waals surface area contributed by atoms with Crippen LogP contribution in [0.25, 0.3) is 0 Å². The number of hydrogen-bond donors (Lipinski definition) is 1. The minimum Gasteiger partial charge on any atom is -0.387 e. The van der Waals surface area contributed by atoms with Crippen molar-refractivity contribution in [2.45, 2.75) is 24.3 Å². The minimum absolute atomic E-state index is 0.274. The van der Waals surface area contributed by atoms with Crippen LogP contribution in [0.5, 0.6) is 0 Å². The normalized spacial score (nSPS) is 15.5. The van der Waals surface area contributed by atoms with E-state index in [0.29, 0.717) is 6.54 Å². The molecule has 1 heterocycles. The van der Waals surface area contributed by atoms with Crippen LogP contribution in [0.2, 0.25) is 0 Å². The first kappa shape index (κ1) is 16.0. The van der Waals surface area contributed by atoms with E-state index in [1.165, 1.54) is 23.1 Å². The van der Waals surface area contributed by atoms with Crippen molar-refractivity contribution in [3.8, 4) is 0 Å². The molecule has 2 aromatic rings. The Hall–Kier alpha value is -1.85. The number of fused-ring (bicyclic) bond motifs is 1. The molecule has 1 aliphatic rings. The first-order valence-electron chi connectivity index (χ1n) is 7.68. The molecule has 1 unspecified atom stereocenters. The lowest BCUT2D eigenvalue weighted by atomic mass is 10.1. The summed E-state index contributed by atoms with van der Waals surface area (Å²) in [6, 6.07) is 12.8. The maximum Gasteiger partial charge on any atom is 0.175 e. The second kappa shape index (κ2) is 5.98. The largest absolute Gasteiger partial charge is 0.387 e. The zero-order chi connectivity index (χ0) is 16.6. The molecule has 122 valence electrons. The van der Waals surface area contributed by atoms with E-state index in [9.17, 15) is 13.5 Å². The Morgan fingerprint density at radius 2 is 1.87 bits per heavy atom. The number of anilines is 1. The highest BCUT2D eigenvalue weighted by atomic mass is 32.2. The van der Waals surface area contributed by atoms with Crippen molar-refractivity contribution in [1.29, 1.82) is 0 Å². The standard InChI is InChI=1S/C18H21NO3S/c1-13-4-3-5-15-10-11-19(18(13)15)12-17(20)14-6-8-16(9-7-14)23(2,21)22/h3-9,17,20H,10-12H2,1-2H3. The van der Waals surface area contributed by atoms with Crippen molar-refractivity contribution < 1.29 is 13.5 Å². The Morgan fingerprint density at radius 1 is 1.17 bits per heavy atom. The number of rotatable bonds is 4. The molecule has 2 aromatic carbocycles. The lowest BCUT2D eigenvalue weighted by molar-refractivity contribution is 0.184. The molecule has 3 rings (SSSR count). The van der Waals surface area contributed by atoms with Crippen LogP contribution < -0.4 is 4.90 Å². The summed E-state index contributed by atoms with van der Waals surface area (Å²) in [5.41, 5.74) is 4.50. The first-order chi connectivity index (χ1) is 10.9. The third-order valence-corrected chi connectivity index (χ3v) is 5.50. The third-order valence-electron chi connectivity index (χ3n) is 4.37. The van der Waals surface area contributed by atoms with Crippen LogP contribution in [-0.4, -0.2) is 32.9 Å². The van der Waals surface area contributed by atoms with Crippen molar-refractivity contribution in [1.82, 2.24) is 0 Å². The molecule has 0 saturated carbocycles. The van der Waals surface area contributed by atoms with Gasteiger partial charge in [-0.2, -0.15) is 0 Å². The van der Waals surface area contributed by atoms with Crippen LogP contribution in [0.1, 0.15) is 22.8 Å². The maximum absolute atomic E-state index is 11.5. The Labute approximate surface area is 137 Å². The van der Waals surface area contributed by atoms with Gasteiger partial charge in [0.15, 0.2) is 9.84 Å². The summed E-state index contributed by atoms with van der Waals surface area (Å²) in [4.78, 5) is 2.48. The molecule has 0 bridgehead atoms. The molecule has 5 heteroatoms. The number of aryl methyl sites for hydroxylation is 1. The number of aliphatic hydroxyl groups is 1. The second-order valence-corrected chi connectivity index (χ2v) is 8.15. The summed E-state index contributed by atoms with van der Waals surface area (Å²) in [6.45, 7) is 3.50. The first-order valence-corrected chi connectivity index (χ1v) is 9.57. The van der Waals surface area contributed by atoms with Gasteiger partial charge in [-0.25, -0.2) is 8.42 Å². The molecular weight excluding hydrogens is 310 g/mol. The van der Waals surface area contributed by atoms with Crippen molar-refractivity contribution in [2.24, 2.45) is 0 Å². The summed E-state index contributed by atoms with van der Waals surface area (Å²) in [5.74, 6) is 0. The Morgan fingerprint density at radius 3 is 2.52 bits per heavy atom. The number of aliphatic hydroxyl groups excluding tert-OH is 1. The van der Waals surface area contributed by atoms with Gasteiger partial charge in [0.05, 0.1) is 11.0 Å². The van der Waals surface area contributed by atoms with Gasteiger partial charge in [0.25, 0.3) is 0 Å². The predicted molar refractivity (Wildman–Crippen MR) is 91.6 cm³/mol. The van der Waals surface area contributed by atoms with Gasteiger partial charge in [-0.1, -0.05) is 30.3 Å². The van der Waals surface area contributed by atoms with Crippen LogP contribution in [0.3, 0.4) is 0 Å². The van der Waals surface area contributed by atoms with Crippen molar-refractivity contribution in [3.63, 3.8) is 0 Å². The molecule has 0 radical (unpaired) electrons. The molecule has 0 spiro atoms. The number of β-amino-alcohol motifs (C(OH)–C–C–N with tert-alkyl or cyclic N) is 1. The van der Waals surface area contributed by atoms with Gasteiger partial charge >= 0.3 is 0 Å². The fourth-order valence-corrected chi connectivity index (χ4v) is 3.81. The van der Waals surface area contributed by atoms with Crippen molar-refractivity contribution in [2.75, 3.05) is 24.2 Å².